The van der Waals surface area contributed by atoms with Crippen molar-refractivity contribution in [1.29, 1.82) is 0 Å². The molecule has 0 saturated carbocycles. The Hall–Kier alpha value is -2.10. The van der Waals surface area contributed by atoms with E-state index in [-0.39, 0.29) is 17.4 Å². The van der Waals surface area contributed by atoms with Crippen LogP contribution in [0.15, 0.2) is 35.5 Å². The first-order chi connectivity index (χ1) is 14.8. The summed E-state index contributed by atoms with van der Waals surface area (Å²) in [5.74, 6) is 1.04. The van der Waals surface area contributed by atoms with Crippen LogP contribution in [-0.4, -0.2) is 49.7 Å². The lowest BCUT2D eigenvalue weighted by Crippen LogP contribution is -2.34. The molecule has 31 heavy (non-hydrogen) atoms. The molecule has 0 atom stereocenters. The Morgan fingerprint density at radius 3 is 2.68 bits per heavy atom. The normalized spacial score (nSPS) is 15.4. The summed E-state index contributed by atoms with van der Waals surface area (Å²) in [5.41, 5.74) is 0.989. The van der Waals surface area contributed by atoms with E-state index in [2.05, 4.69) is 5.10 Å². The molecule has 0 bridgehead atoms. The summed E-state index contributed by atoms with van der Waals surface area (Å²) in [7, 11) is -3.83. The minimum absolute atomic E-state index is 0.124. The Kier molecular flexibility index (Phi) is 7.96. The standard InChI is InChI=1S/C22H33N3O5S/c1-4-24-14-20(12-23-24)25(13-17(2)3)31(27,28)21-5-6-22(19(11-21)15-26)30-16-18-7-9-29-10-8-18/h5-6,11-12,14,17-18,26H,4,7-10,13,15-16H2,1-3H3. The van der Waals surface area contributed by atoms with E-state index in [1.54, 1.807) is 29.2 Å². The molecular weight excluding hydrogens is 418 g/mol. The quantitative estimate of drug-likeness (QED) is 0.597. The number of aliphatic hydroxyl groups excluding tert-OH is 1. The maximum atomic E-state index is 13.5. The molecule has 1 aromatic carbocycles. The highest BCUT2D eigenvalue weighted by Gasteiger charge is 2.28. The number of hydrogen-bond donors (Lipinski definition) is 1. The molecule has 0 spiro atoms. The summed E-state index contributed by atoms with van der Waals surface area (Å²) in [6, 6.07) is 4.69. The van der Waals surface area contributed by atoms with Crippen LogP contribution in [-0.2, 0) is 27.9 Å². The van der Waals surface area contributed by atoms with Crippen LogP contribution in [0.4, 0.5) is 5.69 Å². The number of anilines is 1. The van der Waals surface area contributed by atoms with Crippen LogP contribution in [0.3, 0.4) is 0 Å². The summed E-state index contributed by atoms with van der Waals surface area (Å²) in [4.78, 5) is 0.125. The van der Waals surface area contributed by atoms with Gasteiger partial charge in [-0.3, -0.25) is 8.99 Å². The van der Waals surface area contributed by atoms with Gasteiger partial charge in [0.05, 0.1) is 30.0 Å². The van der Waals surface area contributed by atoms with Crippen LogP contribution in [0.5, 0.6) is 5.75 Å². The van der Waals surface area contributed by atoms with Crippen LogP contribution < -0.4 is 9.04 Å². The Morgan fingerprint density at radius 1 is 1.32 bits per heavy atom. The van der Waals surface area contributed by atoms with E-state index in [4.69, 9.17) is 9.47 Å². The maximum Gasteiger partial charge on any atom is 0.264 e. The molecule has 1 aliphatic heterocycles. The largest absolute Gasteiger partial charge is 0.493 e. The first kappa shape index (κ1) is 23.6. The van der Waals surface area contributed by atoms with Crippen LogP contribution in [0, 0.1) is 11.8 Å². The van der Waals surface area contributed by atoms with Gasteiger partial charge < -0.3 is 14.6 Å². The van der Waals surface area contributed by atoms with Crippen molar-refractivity contribution in [3.63, 3.8) is 0 Å². The van der Waals surface area contributed by atoms with Gasteiger partial charge in [0.15, 0.2) is 0 Å². The van der Waals surface area contributed by atoms with E-state index in [1.165, 1.54) is 10.4 Å². The third-order valence-electron chi connectivity index (χ3n) is 5.37. The lowest BCUT2D eigenvalue weighted by atomic mass is 10.0. The Morgan fingerprint density at radius 2 is 2.06 bits per heavy atom. The van der Waals surface area contributed by atoms with Crippen LogP contribution in [0.25, 0.3) is 0 Å². The summed E-state index contributed by atoms with van der Waals surface area (Å²) in [6.07, 6.45) is 5.19. The summed E-state index contributed by atoms with van der Waals surface area (Å²) in [6.45, 7) is 8.57. The Balaban J connectivity index is 1.85. The molecule has 0 unspecified atom stereocenters. The number of ether oxygens (including phenoxy) is 2. The molecule has 1 N–H and O–H groups in total. The van der Waals surface area contributed by atoms with E-state index >= 15 is 0 Å². The average molecular weight is 452 g/mol. The molecule has 3 rings (SSSR count). The first-order valence-corrected chi connectivity index (χ1v) is 12.3. The minimum atomic E-state index is -3.83. The third kappa shape index (κ3) is 5.78. The van der Waals surface area contributed by atoms with Crippen molar-refractivity contribution in [3.05, 3.63) is 36.2 Å². The zero-order valence-electron chi connectivity index (χ0n) is 18.5. The smallest absolute Gasteiger partial charge is 0.264 e. The average Bonchev–Trinajstić information content (AvgIpc) is 3.25. The summed E-state index contributed by atoms with van der Waals surface area (Å²) in [5, 5.41) is 14.1. The molecule has 0 amide bonds. The third-order valence-corrected chi connectivity index (χ3v) is 7.16. The molecule has 0 aliphatic carbocycles. The topological polar surface area (TPSA) is 93.9 Å². The van der Waals surface area contributed by atoms with E-state index in [0.29, 0.717) is 42.6 Å². The van der Waals surface area contributed by atoms with Gasteiger partial charge in [0.1, 0.15) is 5.75 Å². The number of aryl methyl sites for hydroxylation is 1. The molecule has 1 fully saturated rings. The van der Waals surface area contributed by atoms with Gasteiger partial charge in [0, 0.05) is 38.1 Å². The van der Waals surface area contributed by atoms with Crippen molar-refractivity contribution in [3.8, 4) is 5.75 Å². The van der Waals surface area contributed by atoms with Gasteiger partial charge >= 0.3 is 0 Å². The molecular formula is C22H33N3O5S. The van der Waals surface area contributed by atoms with Gasteiger partial charge in [-0.2, -0.15) is 5.10 Å². The molecule has 1 aliphatic rings. The number of sulfonamides is 1. The number of nitrogens with zero attached hydrogens (tertiary/aromatic N) is 3. The van der Waals surface area contributed by atoms with Gasteiger partial charge in [-0.15, -0.1) is 0 Å². The highest BCUT2D eigenvalue weighted by molar-refractivity contribution is 7.92. The van der Waals surface area contributed by atoms with E-state index < -0.39 is 10.0 Å². The molecule has 172 valence electrons. The molecule has 9 heteroatoms. The van der Waals surface area contributed by atoms with Crippen molar-refractivity contribution in [1.82, 2.24) is 9.78 Å². The predicted molar refractivity (Wildman–Crippen MR) is 119 cm³/mol. The van der Waals surface area contributed by atoms with E-state index in [0.717, 1.165) is 26.1 Å². The number of aliphatic hydroxyl groups is 1. The number of benzene rings is 1. The second kappa shape index (κ2) is 10.5. The van der Waals surface area contributed by atoms with E-state index in [9.17, 15) is 13.5 Å². The number of rotatable bonds is 10. The zero-order valence-corrected chi connectivity index (χ0v) is 19.3. The van der Waals surface area contributed by atoms with Gasteiger partial charge in [0.25, 0.3) is 10.0 Å². The molecule has 1 aromatic heterocycles. The monoisotopic (exact) mass is 451 g/mol. The maximum absolute atomic E-state index is 13.5. The van der Waals surface area contributed by atoms with Crippen molar-refractivity contribution in [2.24, 2.45) is 11.8 Å². The van der Waals surface area contributed by atoms with Crippen molar-refractivity contribution in [2.45, 2.75) is 51.7 Å². The highest BCUT2D eigenvalue weighted by Crippen LogP contribution is 2.29. The van der Waals surface area contributed by atoms with Crippen molar-refractivity contribution in [2.75, 3.05) is 30.7 Å². The zero-order chi connectivity index (χ0) is 22.4. The lowest BCUT2D eigenvalue weighted by Gasteiger charge is -2.25. The Labute approximate surface area is 184 Å². The van der Waals surface area contributed by atoms with Crippen LogP contribution in [0.1, 0.15) is 39.2 Å². The summed E-state index contributed by atoms with van der Waals surface area (Å²) < 4.78 is 41.4. The van der Waals surface area contributed by atoms with Gasteiger partial charge in [-0.05, 0) is 49.8 Å². The second-order valence-corrected chi connectivity index (χ2v) is 10.1. The number of hydrogen-bond acceptors (Lipinski definition) is 6. The molecule has 8 nitrogen and oxygen atoms in total. The lowest BCUT2D eigenvalue weighted by molar-refractivity contribution is 0.0494. The Bertz CT molecular complexity index is 952. The van der Waals surface area contributed by atoms with Crippen LogP contribution >= 0.6 is 0 Å². The fourth-order valence-corrected chi connectivity index (χ4v) is 5.21. The van der Waals surface area contributed by atoms with Crippen LogP contribution in [0.2, 0.25) is 0 Å². The van der Waals surface area contributed by atoms with Crippen molar-refractivity contribution >= 4 is 15.7 Å². The molecule has 2 aromatic rings. The fourth-order valence-electron chi connectivity index (χ4n) is 3.56. The van der Waals surface area contributed by atoms with Gasteiger partial charge in [0.2, 0.25) is 0 Å². The van der Waals surface area contributed by atoms with E-state index in [1.807, 2.05) is 20.8 Å². The molecule has 2 heterocycles. The molecule has 0 radical (unpaired) electrons. The number of aromatic nitrogens is 2. The minimum Gasteiger partial charge on any atom is -0.493 e. The second-order valence-electron chi connectivity index (χ2n) is 8.28. The predicted octanol–water partition coefficient (Wildman–Crippen LogP) is 3.05. The summed E-state index contributed by atoms with van der Waals surface area (Å²) >= 11 is 0. The van der Waals surface area contributed by atoms with Gasteiger partial charge in [-0.25, -0.2) is 8.42 Å². The van der Waals surface area contributed by atoms with Gasteiger partial charge in [-0.1, -0.05) is 13.8 Å². The van der Waals surface area contributed by atoms with Crippen molar-refractivity contribution < 1.29 is 23.0 Å². The SMILES string of the molecule is CCn1cc(N(CC(C)C)S(=O)(=O)c2ccc(OCC3CCOCC3)c(CO)c2)cn1. The highest BCUT2D eigenvalue weighted by atomic mass is 32.2. The fraction of sp³-hybridized carbons (Fsp3) is 0.591. The molecule has 1 saturated heterocycles. The first-order valence-electron chi connectivity index (χ1n) is 10.8.